The summed E-state index contributed by atoms with van der Waals surface area (Å²) in [7, 11) is 0. The number of rotatable bonds is 2. The van der Waals surface area contributed by atoms with Crippen LogP contribution in [0.5, 0.6) is 5.75 Å². The molecule has 0 aromatic heterocycles. The van der Waals surface area contributed by atoms with Gasteiger partial charge in [0.2, 0.25) is 5.91 Å². The van der Waals surface area contributed by atoms with Crippen LogP contribution in [0.25, 0.3) is 0 Å². The van der Waals surface area contributed by atoms with E-state index in [0.29, 0.717) is 13.0 Å². The molecule has 1 aliphatic heterocycles. The molecule has 0 radical (unpaired) electrons. The Labute approximate surface area is 112 Å². The third-order valence-corrected chi connectivity index (χ3v) is 3.47. The second kappa shape index (κ2) is 4.76. The van der Waals surface area contributed by atoms with Crippen LogP contribution >= 0.6 is 0 Å². The van der Waals surface area contributed by atoms with Gasteiger partial charge >= 0.3 is 0 Å². The first kappa shape index (κ1) is 11.8. The number of benzene rings is 2. The van der Waals surface area contributed by atoms with Crippen LogP contribution in [0.15, 0.2) is 48.5 Å². The van der Waals surface area contributed by atoms with Gasteiger partial charge in [-0.3, -0.25) is 4.79 Å². The normalized spacial score (nSPS) is 14.3. The fourth-order valence-corrected chi connectivity index (χ4v) is 2.45. The molecule has 2 aromatic carbocycles. The monoisotopic (exact) mass is 253 g/mol. The molecule has 96 valence electrons. The van der Waals surface area contributed by atoms with Crippen molar-refractivity contribution < 1.29 is 9.90 Å². The second-order valence-corrected chi connectivity index (χ2v) is 4.78. The van der Waals surface area contributed by atoms with Crippen LogP contribution in [0.4, 0.5) is 5.69 Å². The molecule has 0 unspecified atom stereocenters. The lowest BCUT2D eigenvalue weighted by molar-refractivity contribution is -0.119. The van der Waals surface area contributed by atoms with Crippen molar-refractivity contribution in [3.63, 3.8) is 0 Å². The molecule has 3 rings (SSSR count). The van der Waals surface area contributed by atoms with E-state index in [2.05, 4.69) is 6.07 Å². The average molecular weight is 253 g/mol. The number of carbonyl (C=O) groups excluding carboxylic acids is 1. The number of phenols is 1. The van der Waals surface area contributed by atoms with Crippen molar-refractivity contribution in [2.24, 2.45) is 0 Å². The number of hydrogen-bond acceptors (Lipinski definition) is 2. The van der Waals surface area contributed by atoms with Gasteiger partial charge in [0.25, 0.3) is 0 Å². The summed E-state index contributed by atoms with van der Waals surface area (Å²) in [6.45, 7) is 0.552. The fraction of sp³-hybridized carbons (Fsp3) is 0.188. The number of amides is 1. The summed E-state index contributed by atoms with van der Waals surface area (Å²) in [5.41, 5.74) is 3.25. The zero-order valence-electron chi connectivity index (χ0n) is 10.5. The first-order chi connectivity index (χ1) is 9.24. The van der Waals surface area contributed by atoms with Crippen molar-refractivity contribution in [3.8, 4) is 5.75 Å². The van der Waals surface area contributed by atoms with Gasteiger partial charge in [-0.25, -0.2) is 0 Å². The molecular weight excluding hydrogens is 238 g/mol. The van der Waals surface area contributed by atoms with Crippen LogP contribution < -0.4 is 4.90 Å². The molecule has 0 atom stereocenters. The summed E-state index contributed by atoms with van der Waals surface area (Å²) in [5.74, 6) is 0.404. The minimum atomic E-state index is 0.159. The van der Waals surface area contributed by atoms with Gasteiger partial charge < -0.3 is 10.0 Å². The van der Waals surface area contributed by atoms with Gasteiger partial charge in [-0.2, -0.15) is 0 Å². The van der Waals surface area contributed by atoms with E-state index in [4.69, 9.17) is 0 Å². The third-order valence-electron chi connectivity index (χ3n) is 3.47. The fourth-order valence-electron chi connectivity index (χ4n) is 2.45. The van der Waals surface area contributed by atoms with Crippen molar-refractivity contribution in [2.45, 2.75) is 19.4 Å². The van der Waals surface area contributed by atoms with Gasteiger partial charge in [-0.15, -0.1) is 0 Å². The highest BCUT2D eigenvalue weighted by Gasteiger charge is 2.23. The Morgan fingerprint density at radius 3 is 2.53 bits per heavy atom. The first-order valence-electron chi connectivity index (χ1n) is 6.40. The van der Waals surface area contributed by atoms with E-state index in [-0.39, 0.29) is 11.7 Å². The van der Waals surface area contributed by atoms with Crippen molar-refractivity contribution in [1.29, 1.82) is 0 Å². The number of para-hydroxylation sites is 1. The van der Waals surface area contributed by atoms with Crippen molar-refractivity contribution in [3.05, 3.63) is 59.7 Å². The summed E-state index contributed by atoms with van der Waals surface area (Å²) >= 11 is 0. The highest BCUT2D eigenvalue weighted by molar-refractivity contribution is 5.96. The molecule has 0 bridgehead atoms. The predicted octanol–water partition coefficient (Wildman–Crippen LogP) is 2.87. The molecule has 0 fully saturated rings. The second-order valence-electron chi connectivity index (χ2n) is 4.78. The van der Waals surface area contributed by atoms with Crippen LogP contribution in [0.3, 0.4) is 0 Å². The summed E-state index contributed by atoms with van der Waals surface area (Å²) in [6, 6.07) is 15.0. The Bertz CT molecular complexity index is 604. The molecule has 0 aliphatic carbocycles. The predicted molar refractivity (Wildman–Crippen MR) is 74.1 cm³/mol. The van der Waals surface area contributed by atoms with E-state index in [0.717, 1.165) is 17.7 Å². The van der Waals surface area contributed by atoms with E-state index in [1.54, 1.807) is 12.1 Å². The number of nitrogens with zero attached hydrogens (tertiary/aromatic N) is 1. The summed E-state index contributed by atoms with van der Waals surface area (Å²) < 4.78 is 0. The maximum atomic E-state index is 12.1. The van der Waals surface area contributed by atoms with Gasteiger partial charge in [-0.1, -0.05) is 30.3 Å². The van der Waals surface area contributed by atoms with Crippen molar-refractivity contribution >= 4 is 11.6 Å². The molecule has 0 saturated carbocycles. The largest absolute Gasteiger partial charge is 0.508 e. The van der Waals surface area contributed by atoms with E-state index >= 15 is 0 Å². The van der Waals surface area contributed by atoms with Crippen molar-refractivity contribution in [1.82, 2.24) is 0 Å². The number of anilines is 1. The number of aromatic hydroxyl groups is 1. The lowest BCUT2D eigenvalue weighted by Crippen LogP contribution is -2.34. The summed E-state index contributed by atoms with van der Waals surface area (Å²) in [4.78, 5) is 13.9. The molecular formula is C16H15NO2. The highest BCUT2D eigenvalue weighted by Crippen LogP contribution is 2.29. The number of aryl methyl sites for hydroxylation is 1. The standard InChI is InChI=1S/C16H15NO2/c18-14-8-5-12(6-9-14)11-17-15-4-2-1-3-13(15)7-10-16(17)19/h1-6,8-9,18H,7,10-11H2. The molecule has 0 spiro atoms. The third kappa shape index (κ3) is 2.32. The Hall–Kier alpha value is -2.29. The first-order valence-corrected chi connectivity index (χ1v) is 6.40. The minimum Gasteiger partial charge on any atom is -0.508 e. The quantitative estimate of drug-likeness (QED) is 0.894. The molecule has 19 heavy (non-hydrogen) atoms. The zero-order valence-corrected chi connectivity index (χ0v) is 10.5. The SMILES string of the molecule is O=C1CCc2ccccc2N1Cc1ccc(O)cc1. The van der Waals surface area contributed by atoms with Crippen LogP contribution in [0.2, 0.25) is 0 Å². The number of hydrogen-bond donors (Lipinski definition) is 1. The maximum absolute atomic E-state index is 12.1. The lowest BCUT2D eigenvalue weighted by atomic mass is 10.0. The molecule has 1 heterocycles. The number of phenolic OH excluding ortho intramolecular Hbond substituents is 1. The van der Waals surface area contributed by atoms with Crippen molar-refractivity contribution in [2.75, 3.05) is 4.90 Å². The number of fused-ring (bicyclic) bond motifs is 1. The number of carbonyl (C=O) groups is 1. The van der Waals surface area contributed by atoms with Crippen LogP contribution in [-0.2, 0) is 17.8 Å². The maximum Gasteiger partial charge on any atom is 0.227 e. The summed E-state index contributed by atoms with van der Waals surface area (Å²) in [6.07, 6.45) is 1.39. The van der Waals surface area contributed by atoms with Gasteiger partial charge in [0.05, 0.1) is 6.54 Å². The van der Waals surface area contributed by atoms with Gasteiger partial charge in [0.1, 0.15) is 5.75 Å². The van der Waals surface area contributed by atoms with Gasteiger partial charge in [-0.05, 0) is 35.7 Å². The van der Waals surface area contributed by atoms with Gasteiger partial charge in [0, 0.05) is 12.1 Å². The molecule has 1 amide bonds. The lowest BCUT2D eigenvalue weighted by Gasteiger charge is -2.29. The zero-order chi connectivity index (χ0) is 13.2. The minimum absolute atomic E-state index is 0.159. The molecule has 1 aliphatic rings. The molecule has 3 nitrogen and oxygen atoms in total. The van der Waals surface area contributed by atoms with Gasteiger partial charge in [0.15, 0.2) is 0 Å². The Balaban J connectivity index is 1.91. The molecule has 0 saturated heterocycles. The van der Waals surface area contributed by atoms with Crippen LogP contribution in [-0.4, -0.2) is 11.0 Å². The van der Waals surface area contributed by atoms with Crippen LogP contribution in [0.1, 0.15) is 17.5 Å². The Kier molecular flexibility index (Phi) is 2.95. The highest BCUT2D eigenvalue weighted by atomic mass is 16.3. The Morgan fingerprint density at radius 1 is 1.00 bits per heavy atom. The van der Waals surface area contributed by atoms with E-state index < -0.39 is 0 Å². The molecule has 3 heteroatoms. The molecule has 2 aromatic rings. The van der Waals surface area contributed by atoms with E-state index in [9.17, 15) is 9.90 Å². The smallest absolute Gasteiger partial charge is 0.227 e. The molecule has 1 N–H and O–H groups in total. The average Bonchev–Trinajstić information content (AvgIpc) is 2.44. The Morgan fingerprint density at radius 2 is 1.74 bits per heavy atom. The summed E-state index contributed by atoms with van der Waals surface area (Å²) in [5, 5.41) is 9.29. The van der Waals surface area contributed by atoms with E-state index in [1.165, 1.54) is 5.56 Å². The topological polar surface area (TPSA) is 40.5 Å². The van der Waals surface area contributed by atoms with Crippen LogP contribution in [0, 0.1) is 0 Å². The van der Waals surface area contributed by atoms with E-state index in [1.807, 2.05) is 35.2 Å².